The van der Waals surface area contributed by atoms with Crippen LogP contribution in [-0.2, 0) is 9.53 Å². The van der Waals surface area contributed by atoms with Crippen molar-refractivity contribution in [1.29, 1.82) is 0 Å². The standard InChI is InChI=1S/C12H15ClN6O2/c1-4-21-8(20)6-15-12-14-5-7-9(17-12)10(19(2)3)18-11(13)16-7/h5H,4,6H2,1-3H3,(H,14,15,17). The summed E-state index contributed by atoms with van der Waals surface area (Å²) in [5.74, 6) is 0.498. The first-order valence-corrected chi connectivity index (χ1v) is 6.66. The van der Waals surface area contributed by atoms with E-state index in [0.717, 1.165) is 0 Å². The maximum absolute atomic E-state index is 11.3. The summed E-state index contributed by atoms with van der Waals surface area (Å²) >= 11 is 5.86. The summed E-state index contributed by atoms with van der Waals surface area (Å²) in [5, 5.41) is 2.93. The molecule has 0 atom stereocenters. The third-order valence-electron chi connectivity index (χ3n) is 2.51. The van der Waals surface area contributed by atoms with Crippen LogP contribution in [0.2, 0.25) is 5.28 Å². The minimum atomic E-state index is -0.374. The molecule has 0 saturated carbocycles. The van der Waals surface area contributed by atoms with E-state index in [0.29, 0.717) is 29.4 Å². The van der Waals surface area contributed by atoms with Gasteiger partial charge in [0, 0.05) is 14.1 Å². The molecule has 0 unspecified atom stereocenters. The molecular formula is C12H15ClN6O2. The van der Waals surface area contributed by atoms with Crippen LogP contribution in [0.3, 0.4) is 0 Å². The number of ether oxygens (including phenoxy) is 1. The van der Waals surface area contributed by atoms with Gasteiger partial charge in [-0.2, -0.15) is 4.98 Å². The summed E-state index contributed by atoms with van der Waals surface area (Å²) in [7, 11) is 3.65. The highest BCUT2D eigenvalue weighted by atomic mass is 35.5. The maximum atomic E-state index is 11.3. The Morgan fingerprint density at radius 3 is 2.81 bits per heavy atom. The summed E-state index contributed by atoms with van der Waals surface area (Å²) in [5.41, 5.74) is 1.08. The number of hydrogen-bond acceptors (Lipinski definition) is 8. The average molecular weight is 311 g/mol. The second-order valence-corrected chi connectivity index (χ2v) is 4.63. The zero-order chi connectivity index (χ0) is 15.4. The minimum absolute atomic E-state index is 0.00884. The highest BCUT2D eigenvalue weighted by Gasteiger charge is 2.12. The molecule has 0 aliphatic rings. The third kappa shape index (κ3) is 3.66. The molecular weight excluding hydrogens is 296 g/mol. The molecule has 0 aliphatic heterocycles. The molecule has 0 bridgehead atoms. The lowest BCUT2D eigenvalue weighted by molar-refractivity contribution is -0.140. The predicted octanol–water partition coefficient (Wildman–Crippen LogP) is 1.11. The van der Waals surface area contributed by atoms with E-state index >= 15 is 0 Å². The average Bonchev–Trinajstić information content (AvgIpc) is 2.44. The minimum Gasteiger partial charge on any atom is -0.465 e. The Morgan fingerprint density at radius 2 is 2.14 bits per heavy atom. The molecule has 0 aromatic carbocycles. The second kappa shape index (κ2) is 6.49. The third-order valence-corrected chi connectivity index (χ3v) is 2.68. The van der Waals surface area contributed by atoms with Gasteiger partial charge in [0.1, 0.15) is 17.6 Å². The molecule has 0 radical (unpaired) electrons. The van der Waals surface area contributed by atoms with Crippen LogP contribution < -0.4 is 10.2 Å². The highest BCUT2D eigenvalue weighted by Crippen LogP contribution is 2.22. The number of aromatic nitrogens is 4. The van der Waals surface area contributed by atoms with Crippen molar-refractivity contribution in [3.8, 4) is 0 Å². The molecule has 2 aromatic heterocycles. The van der Waals surface area contributed by atoms with E-state index in [2.05, 4.69) is 25.3 Å². The number of carbonyl (C=O) groups is 1. The Hall–Kier alpha value is -2.22. The van der Waals surface area contributed by atoms with Crippen LogP contribution in [0.1, 0.15) is 6.92 Å². The first-order chi connectivity index (χ1) is 10.0. The Labute approximate surface area is 126 Å². The number of fused-ring (bicyclic) bond motifs is 1. The first-order valence-electron chi connectivity index (χ1n) is 6.28. The number of anilines is 2. The largest absolute Gasteiger partial charge is 0.465 e. The number of hydrogen-bond donors (Lipinski definition) is 1. The van der Waals surface area contributed by atoms with E-state index < -0.39 is 0 Å². The molecule has 0 spiro atoms. The van der Waals surface area contributed by atoms with E-state index in [1.165, 1.54) is 6.20 Å². The lowest BCUT2D eigenvalue weighted by Gasteiger charge is -2.13. The van der Waals surface area contributed by atoms with E-state index in [4.69, 9.17) is 16.3 Å². The Morgan fingerprint density at radius 1 is 1.38 bits per heavy atom. The van der Waals surface area contributed by atoms with Gasteiger partial charge < -0.3 is 15.0 Å². The van der Waals surface area contributed by atoms with Gasteiger partial charge in [0.15, 0.2) is 5.82 Å². The van der Waals surface area contributed by atoms with Gasteiger partial charge >= 0.3 is 5.97 Å². The molecule has 9 heteroatoms. The van der Waals surface area contributed by atoms with Crippen LogP contribution in [0.25, 0.3) is 11.0 Å². The van der Waals surface area contributed by atoms with Gasteiger partial charge in [-0.05, 0) is 18.5 Å². The zero-order valence-electron chi connectivity index (χ0n) is 11.9. The van der Waals surface area contributed by atoms with Crippen molar-refractivity contribution in [3.63, 3.8) is 0 Å². The fraction of sp³-hybridized carbons (Fsp3) is 0.417. The van der Waals surface area contributed by atoms with Gasteiger partial charge in [-0.25, -0.2) is 15.0 Å². The molecule has 112 valence electrons. The summed E-state index contributed by atoms with van der Waals surface area (Å²) < 4.78 is 4.82. The molecule has 0 amide bonds. The number of carbonyl (C=O) groups excluding carboxylic acids is 1. The molecule has 0 saturated heterocycles. The van der Waals surface area contributed by atoms with Gasteiger partial charge in [-0.3, -0.25) is 4.79 Å². The van der Waals surface area contributed by atoms with Gasteiger partial charge in [0.25, 0.3) is 0 Å². The monoisotopic (exact) mass is 310 g/mol. The fourth-order valence-electron chi connectivity index (χ4n) is 1.65. The van der Waals surface area contributed by atoms with Crippen LogP contribution in [0.4, 0.5) is 11.8 Å². The van der Waals surface area contributed by atoms with Crippen LogP contribution in [0, 0.1) is 0 Å². The smallest absolute Gasteiger partial charge is 0.325 e. The topological polar surface area (TPSA) is 93.1 Å². The van der Waals surface area contributed by atoms with Gasteiger partial charge in [0.05, 0.1) is 12.8 Å². The first kappa shape index (κ1) is 15.2. The number of esters is 1. The van der Waals surface area contributed by atoms with Crippen molar-refractivity contribution >= 4 is 40.4 Å². The molecule has 2 aromatic rings. The summed E-state index contributed by atoms with van der Waals surface area (Å²) in [6, 6.07) is 0. The van der Waals surface area contributed by atoms with Crippen molar-refractivity contribution in [1.82, 2.24) is 19.9 Å². The molecule has 2 rings (SSSR count). The Kier molecular flexibility index (Phi) is 4.69. The van der Waals surface area contributed by atoms with E-state index in [1.54, 1.807) is 11.8 Å². The number of halogens is 1. The predicted molar refractivity (Wildman–Crippen MR) is 79.6 cm³/mol. The molecule has 0 fully saturated rings. The molecule has 2 heterocycles. The van der Waals surface area contributed by atoms with Crippen LogP contribution in [-0.4, -0.2) is 53.2 Å². The van der Waals surface area contributed by atoms with Crippen molar-refractivity contribution in [2.45, 2.75) is 6.92 Å². The molecule has 21 heavy (non-hydrogen) atoms. The number of nitrogens with one attached hydrogen (secondary N) is 1. The van der Waals surface area contributed by atoms with Crippen LogP contribution in [0.5, 0.6) is 0 Å². The van der Waals surface area contributed by atoms with Crippen molar-refractivity contribution in [2.75, 3.05) is 37.5 Å². The molecule has 0 aliphatic carbocycles. The Bertz CT molecular complexity index is 663. The quantitative estimate of drug-likeness (QED) is 0.648. The summed E-state index contributed by atoms with van der Waals surface area (Å²) in [6.45, 7) is 2.07. The molecule has 8 nitrogen and oxygen atoms in total. The zero-order valence-corrected chi connectivity index (χ0v) is 12.7. The summed E-state index contributed by atoms with van der Waals surface area (Å²) in [4.78, 5) is 29.7. The van der Waals surface area contributed by atoms with Crippen LogP contribution >= 0.6 is 11.6 Å². The van der Waals surface area contributed by atoms with Crippen LogP contribution in [0.15, 0.2) is 6.20 Å². The van der Waals surface area contributed by atoms with Crippen molar-refractivity contribution in [2.24, 2.45) is 0 Å². The van der Waals surface area contributed by atoms with Gasteiger partial charge in [0.2, 0.25) is 11.2 Å². The number of nitrogens with zero attached hydrogens (tertiary/aromatic N) is 5. The Balaban J connectivity index is 2.30. The SMILES string of the molecule is CCOC(=O)CNc1ncc2nc(Cl)nc(N(C)C)c2n1. The fourth-order valence-corrected chi connectivity index (χ4v) is 1.82. The highest BCUT2D eigenvalue weighted by molar-refractivity contribution is 6.28. The lowest BCUT2D eigenvalue weighted by atomic mass is 10.4. The second-order valence-electron chi connectivity index (χ2n) is 4.30. The van der Waals surface area contributed by atoms with E-state index in [1.807, 2.05) is 14.1 Å². The van der Waals surface area contributed by atoms with E-state index in [-0.39, 0.29) is 17.8 Å². The van der Waals surface area contributed by atoms with E-state index in [9.17, 15) is 4.79 Å². The van der Waals surface area contributed by atoms with Crippen molar-refractivity contribution in [3.05, 3.63) is 11.5 Å². The lowest BCUT2D eigenvalue weighted by Crippen LogP contribution is -2.18. The maximum Gasteiger partial charge on any atom is 0.325 e. The summed E-state index contributed by atoms with van der Waals surface area (Å²) in [6.07, 6.45) is 1.52. The number of rotatable bonds is 5. The van der Waals surface area contributed by atoms with Gasteiger partial charge in [-0.15, -0.1) is 0 Å². The van der Waals surface area contributed by atoms with Gasteiger partial charge in [-0.1, -0.05) is 0 Å². The normalized spacial score (nSPS) is 10.5. The molecule has 1 N–H and O–H groups in total. The van der Waals surface area contributed by atoms with Crippen molar-refractivity contribution < 1.29 is 9.53 Å².